The third-order valence-electron chi connectivity index (χ3n) is 4.85. The van der Waals surface area contributed by atoms with Gasteiger partial charge in [-0.2, -0.15) is 4.31 Å². The van der Waals surface area contributed by atoms with Crippen molar-refractivity contribution in [3.8, 4) is 0 Å². The van der Waals surface area contributed by atoms with Gasteiger partial charge in [0, 0.05) is 24.2 Å². The Labute approximate surface area is 163 Å². The molecule has 1 aliphatic heterocycles. The zero-order valence-corrected chi connectivity index (χ0v) is 16.3. The Balaban J connectivity index is 1.84. The molecular formula is C20H22F2N2O3S. The van der Waals surface area contributed by atoms with E-state index < -0.39 is 38.5 Å². The zero-order chi connectivity index (χ0) is 20.3. The fourth-order valence-corrected chi connectivity index (χ4v) is 4.88. The van der Waals surface area contributed by atoms with E-state index >= 15 is 0 Å². The van der Waals surface area contributed by atoms with Crippen molar-refractivity contribution >= 4 is 15.9 Å². The van der Waals surface area contributed by atoms with Crippen LogP contribution in [-0.4, -0.2) is 31.7 Å². The van der Waals surface area contributed by atoms with E-state index in [-0.39, 0.29) is 5.56 Å². The molecule has 0 aliphatic carbocycles. The number of amides is 1. The van der Waals surface area contributed by atoms with E-state index in [1.54, 1.807) is 25.1 Å². The van der Waals surface area contributed by atoms with Crippen LogP contribution >= 0.6 is 0 Å². The van der Waals surface area contributed by atoms with Gasteiger partial charge in [0.1, 0.15) is 16.5 Å². The number of hydrogen-bond donors (Lipinski definition) is 1. The van der Waals surface area contributed by atoms with Crippen LogP contribution in [0.25, 0.3) is 0 Å². The Morgan fingerprint density at radius 2 is 1.71 bits per heavy atom. The van der Waals surface area contributed by atoms with Gasteiger partial charge in [-0.1, -0.05) is 24.6 Å². The molecule has 0 saturated carbocycles. The molecule has 2 aromatic rings. The van der Waals surface area contributed by atoms with Crippen molar-refractivity contribution in [1.29, 1.82) is 0 Å². The minimum Gasteiger partial charge on any atom is -0.345 e. The number of rotatable bonds is 5. The number of hydrogen-bond acceptors (Lipinski definition) is 3. The minimum absolute atomic E-state index is 0.000161. The van der Waals surface area contributed by atoms with E-state index in [0.717, 1.165) is 31.4 Å². The van der Waals surface area contributed by atoms with Gasteiger partial charge >= 0.3 is 0 Å². The first-order chi connectivity index (χ1) is 13.3. The summed E-state index contributed by atoms with van der Waals surface area (Å²) in [6.07, 6.45) is 2.38. The molecule has 0 spiro atoms. The van der Waals surface area contributed by atoms with Gasteiger partial charge in [0.15, 0.2) is 0 Å². The summed E-state index contributed by atoms with van der Waals surface area (Å²) < 4.78 is 55.0. The van der Waals surface area contributed by atoms with E-state index in [2.05, 4.69) is 5.32 Å². The van der Waals surface area contributed by atoms with Gasteiger partial charge in [-0.05, 0) is 44.0 Å². The predicted octanol–water partition coefficient (Wildman–Crippen LogP) is 3.63. The van der Waals surface area contributed by atoms with Gasteiger partial charge in [0.2, 0.25) is 10.0 Å². The maximum absolute atomic E-state index is 14.3. The highest BCUT2D eigenvalue weighted by atomic mass is 32.2. The molecule has 1 N–H and O–H groups in total. The van der Waals surface area contributed by atoms with Crippen LogP contribution in [0.5, 0.6) is 0 Å². The van der Waals surface area contributed by atoms with Crippen LogP contribution in [0.3, 0.4) is 0 Å². The van der Waals surface area contributed by atoms with Crippen LogP contribution in [0.15, 0.2) is 47.4 Å². The molecule has 5 nitrogen and oxygen atoms in total. The summed E-state index contributed by atoms with van der Waals surface area (Å²) in [4.78, 5) is 12.0. The van der Waals surface area contributed by atoms with Crippen molar-refractivity contribution in [3.05, 3.63) is 65.2 Å². The second kappa shape index (κ2) is 8.36. The largest absolute Gasteiger partial charge is 0.345 e. The van der Waals surface area contributed by atoms with Crippen LogP contribution in [0.2, 0.25) is 0 Å². The van der Waals surface area contributed by atoms with Crippen molar-refractivity contribution in [1.82, 2.24) is 9.62 Å². The van der Waals surface area contributed by atoms with Gasteiger partial charge in [-0.25, -0.2) is 17.2 Å². The van der Waals surface area contributed by atoms with Gasteiger partial charge in [-0.3, -0.25) is 4.79 Å². The molecule has 1 fully saturated rings. The lowest BCUT2D eigenvalue weighted by Crippen LogP contribution is -2.36. The van der Waals surface area contributed by atoms with Crippen LogP contribution in [0, 0.1) is 11.6 Å². The van der Waals surface area contributed by atoms with Crippen molar-refractivity contribution in [3.63, 3.8) is 0 Å². The lowest BCUT2D eigenvalue weighted by atomic mass is 10.1. The number of nitrogens with one attached hydrogen (secondary N) is 1. The average Bonchev–Trinajstić information content (AvgIpc) is 2.69. The summed E-state index contributed by atoms with van der Waals surface area (Å²) in [5.74, 6) is -1.96. The van der Waals surface area contributed by atoms with Gasteiger partial charge in [-0.15, -0.1) is 0 Å². The number of halogens is 2. The third-order valence-corrected chi connectivity index (χ3v) is 6.76. The molecule has 1 saturated heterocycles. The predicted molar refractivity (Wildman–Crippen MR) is 101 cm³/mol. The monoisotopic (exact) mass is 408 g/mol. The van der Waals surface area contributed by atoms with E-state index in [9.17, 15) is 22.0 Å². The molecular weight excluding hydrogens is 386 g/mol. The lowest BCUT2D eigenvalue weighted by Gasteiger charge is -2.26. The standard InChI is InChI=1S/C20H22F2N2O3S/c1-14(16-7-3-4-8-17(16)21)23-20(25)15-9-10-18(22)19(13-15)28(26,27)24-11-5-2-6-12-24/h3-4,7-10,13-14H,2,5-6,11-12H2,1H3,(H,23,25). The van der Waals surface area contributed by atoms with E-state index in [1.165, 1.54) is 16.4 Å². The highest BCUT2D eigenvalue weighted by Gasteiger charge is 2.29. The number of nitrogens with zero attached hydrogens (tertiary/aromatic N) is 1. The SMILES string of the molecule is CC(NC(=O)c1ccc(F)c(S(=O)(=O)N2CCCCC2)c1)c1ccccc1F. The van der Waals surface area contributed by atoms with E-state index in [4.69, 9.17) is 0 Å². The second-order valence-corrected chi connectivity index (χ2v) is 8.73. The number of benzene rings is 2. The fraction of sp³-hybridized carbons (Fsp3) is 0.350. The summed E-state index contributed by atoms with van der Waals surface area (Å²) in [5, 5.41) is 2.62. The van der Waals surface area contributed by atoms with Crippen molar-refractivity contribution in [2.45, 2.75) is 37.1 Å². The Morgan fingerprint density at radius 1 is 1.04 bits per heavy atom. The van der Waals surface area contributed by atoms with Crippen LogP contribution in [-0.2, 0) is 10.0 Å². The topological polar surface area (TPSA) is 66.5 Å². The van der Waals surface area contributed by atoms with Crippen molar-refractivity contribution in [2.24, 2.45) is 0 Å². The van der Waals surface area contributed by atoms with Crippen LogP contribution < -0.4 is 5.32 Å². The number of carbonyl (C=O) groups is 1. The molecule has 0 radical (unpaired) electrons. The molecule has 1 atom stereocenters. The first-order valence-corrected chi connectivity index (χ1v) is 10.6. The summed E-state index contributed by atoms with van der Waals surface area (Å²) in [5.41, 5.74) is 0.305. The van der Waals surface area contributed by atoms with Crippen LogP contribution in [0.1, 0.15) is 48.1 Å². The average molecular weight is 408 g/mol. The lowest BCUT2D eigenvalue weighted by molar-refractivity contribution is 0.0939. The number of piperidine rings is 1. The fourth-order valence-electron chi connectivity index (χ4n) is 3.27. The van der Waals surface area contributed by atoms with Crippen molar-refractivity contribution in [2.75, 3.05) is 13.1 Å². The molecule has 1 heterocycles. The quantitative estimate of drug-likeness (QED) is 0.822. The smallest absolute Gasteiger partial charge is 0.251 e. The summed E-state index contributed by atoms with van der Waals surface area (Å²) in [6, 6.07) is 8.64. The first-order valence-electron chi connectivity index (χ1n) is 9.15. The van der Waals surface area contributed by atoms with Gasteiger partial charge < -0.3 is 5.32 Å². The summed E-state index contributed by atoms with van der Waals surface area (Å²) >= 11 is 0. The maximum atomic E-state index is 14.3. The third kappa shape index (κ3) is 4.23. The second-order valence-electron chi connectivity index (χ2n) is 6.83. The molecule has 2 aromatic carbocycles. The Morgan fingerprint density at radius 3 is 2.39 bits per heavy atom. The van der Waals surface area contributed by atoms with Crippen LogP contribution in [0.4, 0.5) is 8.78 Å². The first kappa shape index (κ1) is 20.4. The number of carbonyl (C=O) groups excluding carboxylic acids is 1. The molecule has 0 aromatic heterocycles. The van der Waals surface area contributed by atoms with Gasteiger partial charge in [0.05, 0.1) is 6.04 Å². The Hall–Kier alpha value is -2.32. The molecule has 150 valence electrons. The molecule has 1 aliphatic rings. The highest BCUT2D eigenvalue weighted by molar-refractivity contribution is 7.89. The van der Waals surface area contributed by atoms with E-state index in [1.807, 2.05) is 0 Å². The maximum Gasteiger partial charge on any atom is 0.251 e. The molecule has 8 heteroatoms. The molecule has 3 rings (SSSR count). The molecule has 1 amide bonds. The Kier molecular flexibility index (Phi) is 6.10. The van der Waals surface area contributed by atoms with Gasteiger partial charge in [0.25, 0.3) is 5.91 Å². The Bertz CT molecular complexity index is 973. The summed E-state index contributed by atoms with van der Waals surface area (Å²) in [7, 11) is -4.02. The molecule has 28 heavy (non-hydrogen) atoms. The molecule has 1 unspecified atom stereocenters. The minimum atomic E-state index is -4.02. The summed E-state index contributed by atoms with van der Waals surface area (Å²) in [6.45, 7) is 2.29. The zero-order valence-electron chi connectivity index (χ0n) is 15.5. The normalized spacial score (nSPS) is 16.5. The van der Waals surface area contributed by atoms with Crippen molar-refractivity contribution < 1.29 is 22.0 Å². The number of sulfonamides is 1. The highest BCUT2D eigenvalue weighted by Crippen LogP contribution is 2.24. The van der Waals surface area contributed by atoms with E-state index in [0.29, 0.717) is 18.7 Å². The molecule has 0 bridgehead atoms.